The smallest absolute Gasteiger partial charge is 0.358 e. The van der Waals surface area contributed by atoms with Crippen LogP contribution < -0.4 is 10.3 Å². The minimum absolute atomic E-state index is 0.0338. The van der Waals surface area contributed by atoms with Gasteiger partial charge >= 0.3 is 5.97 Å². The number of carbonyl (C=O) groups is 1. The molecular formula is C19H16N2O5. The molecule has 0 bridgehead atoms. The largest absolute Gasteiger partial charge is 0.501 e. The number of carboxylic acid groups (broad SMARTS) is 1. The van der Waals surface area contributed by atoms with Crippen molar-refractivity contribution >= 4 is 5.97 Å². The van der Waals surface area contributed by atoms with Gasteiger partial charge in [0.05, 0.1) is 0 Å². The Kier molecular flexibility index (Phi) is 4.70. The summed E-state index contributed by atoms with van der Waals surface area (Å²) in [5.74, 6) is -1.83. The Balaban J connectivity index is 1.89. The molecule has 1 aromatic heterocycles. The van der Waals surface area contributed by atoms with E-state index >= 15 is 0 Å². The summed E-state index contributed by atoms with van der Waals surface area (Å²) in [4.78, 5) is 29.0. The van der Waals surface area contributed by atoms with Crippen molar-refractivity contribution in [3.63, 3.8) is 0 Å². The van der Waals surface area contributed by atoms with Crippen molar-refractivity contribution in [2.75, 3.05) is 0 Å². The number of carboxylic acids is 1. The Morgan fingerprint density at radius 3 is 2.69 bits per heavy atom. The SMILES string of the molecule is Cc1ccccc1COc1cccc(-c2nc(C(=O)O)c(O)c(=O)[nH]2)c1. The second-order valence-electron chi connectivity index (χ2n) is 5.66. The zero-order valence-corrected chi connectivity index (χ0v) is 13.9. The van der Waals surface area contributed by atoms with Crippen LogP contribution in [0.25, 0.3) is 11.4 Å². The van der Waals surface area contributed by atoms with Gasteiger partial charge in [-0.2, -0.15) is 0 Å². The molecular weight excluding hydrogens is 336 g/mol. The second-order valence-corrected chi connectivity index (χ2v) is 5.66. The summed E-state index contributed by atoms with van der Waals surface area (Å²) in [5, 5.41) is 18.6. The summed E-state index contributed by atoms with van der Waals surface area (Å²) < 4.78 is 5.78. The summed E-state index contributed by atoms with van der Waals surface area (Å²) in [6, 6.07) is 14.6. The lowest BCUT2D eigenvalue weighted by molar-refractivity contribution is 0.0686. The van der Waals surface area contributed by atoms with E-state index in [-0.39, 0.29) is 5.82 Å². The minimum atomic E-state index is -1.48. The minimum Gasteiger partial charge on any atom is -0.501 e. The lowest BCUT2D eigenvalue weighted by atomic mass is 10.1. The van der Waals surface area contributed by atoms with Gasteiger partial charge in [0.2, 0.25) is 5.75 Å². The zero-order chi connectivity index (χ0) is 18.7. The number of benzene rings is 2. The van der Waals surface area contributed by atoms with Gasteiger partial charge in [-0.05, 0) is 30.2 Å². The number of hydrogen-bond acceptors (Lipinski definition) is 5. The molecule has 2 aromatic carbocycles. The van der Waals surface area contributed by atoms with Crippen LogP contribution in [-0.4, -0.2) is 26.2 Å². The van der Waals surface area contributed by atoms with Crippen LogP contribution in [-0.2, 0) is 6.61 Å². The number of aromatic hydroxyl groups is 1. The van der Waals surface area contributed by atoms with E-state index in [9.17, 15) is 14.7 Å². The van der Waals surface area contributed by atoms with Crippen molar-refractivity contribution in [1.82, 2.24) is 9.97 Å². The number of nitrogens with one attached hydrogen (secondary N) is 1. The van der Waals surface area contributed by atoms with Gasteiger partial charge in [0.25, 0.3) is 5.56 Å². The summed E-state index contributed by atoms with van der Waals surface area (Å²) in [5.41, 5.74) is 1.00. The molecule has 0 saturated carbocycles. The number of ether oxygens (including phenoxy) is 1. The number of aromatic amines is 1. The molecule has 7 heteroatoms. The van der Waals surface area contributed by atoms with Crippen molar-refractivity contribution in [1.29, 1.82) is 0 Å². The number of aryl methyl sites for hydroxylation is 1. The third kappa shape index (κ3) is 3.56. The number of H-pyrrole nitrogens is 1. The first kappa shape index (κ1) is 17.2. The van der Waals surface area contributed by atoms with E-state index in [1.165, 1.54) is 0 Å². The molecule has 3 N–H and O–H groups in total. The Morgan fingerprint density at radius 2 is 1.96 bits per heavy atom. The molecule has 0 aliphatic heterocycles. The number of aromatic nitrogens is 2. The van der Waals surface area contributed by atoms with Crippen LogP contribution in [0.3, 0.4) is 0 Å². The number of aromatic carboxylic acids is 1. The Labute approximate surface area is 148 Å². The highest BCUT2D eigenvalue weighted by atomic mass is 16.5. The Bertz CT molecular complexity index is 1030. The van der Waals surface area contributed by atoms with Crippen LogP contribution >= 0.6 is 0 Å². The molecule has 0 saturated heterocycles. The van der Waals surface area contributed by atoms with Gasteiger partial charge in [-0.1, -0.05) is 36.4 Å². The van der Waals surface area contributed by atoms with Gasteiger partial charge in [0.15, 0.2) is 5.69 Å². The van der Waals surface area contributed by atoms with Crippen molar-refractivity contribution in [3.05, 3.63) is 75.7 Å². The molecule has 26 heavy (non-hydrogen) atoms. The first-order valence-corrected chi connectivity index (χ1v) is 7.80. The highest BCUT2D eigenvalue weighted by Gasteiger charge is 2.17. The molecule has 0 fully saturated rings. The summed E-state index contributed by atoms with van der Waals surface area (Å²) in [7, 11) is 0. The summed E-state index contributed by atoms with van der Waals surface area (Å²) in [6.45, 7) is 2.36. The maximum absolute atomic E-state index is 11.7. The van der Waals surface area contributed by atoms with Gasteiger partial charge in [0.1, 0.15) is 18.2 Å². The molecule has 0 amide bonds. The molecule has 0 atom stereocenters. The van der Waals surface area contributed by atoms with Gasteiger partial charge in [-0.3, -0.25) is 4.79 Å². The van der Waals surface area contributed by atoms with E-state index in [1.54, 1.807) is 24.3 Å². The van der Waals surface area contributed by atoms with Crippen molar-refractivity contribution in [2.45, 2.75) is 13.5 Å². The van der Waals surface area contributed by atoms with Crippen molar-refractivity contribution in [2.24, 2.45) is 0 Å². The maximum atomic E-state index is 11.7. The highest BCUT2D eigenvalue weighted by Crippen LogP contribution is 2.23. The van der Waals surface area contributed by atoms with Crippen LogP contribution in [0.2, 0.25) is 0 Å². The van der Waals surface area contributed by atoms with Gasteiger partial charge in [0, 0.05) is 5.56 Å². The van der Waals surface area contributed by atoms with Crippen molar-refractivity contribution in [3.8, 4) is 22.9 Å². The second kappa shape index (κ2) is 7.10. The normalized spacial score (nSPS) is 10.5. The van der Waals surface area contributed by atoms with E-state index in [4.69, 9.17) is 9.84 Å². The Morgan fingerprint density at radius 1 is 1.19 bits per heavy atom. The fourth-order valence-corrected chi connectivity index (χ4v) is 2.42. The average molecular weight is 352 g/mol. The van der Waals surface area contributed by atoms with Crippen LogP contribution in [0.4, 0.5) is 0 Å². The monoisotopic (exact) mass is 352 g/mol. The molecule has 1 heterocycles. The fourth-order valence-electron chi connectivity index (χ4n) is 2.42. The highest BCUT2D eigenvalue weighted by molar-refractivity contribution is 5.88. The van der Waals surface area contributed by atoms with E-state index in [0.717, 1.165) is 11.1 Å². The zero-order valence-electron chi connectivity index (χ0n) is 13.9. The fraction of sp³-hybridized carbons (Fsp3) is 0.105. The van der Waals surface area contributed by atoms with Crippen LogP contribution in [0.1, 0.15) is 21.6 Å². The molecule has 0 aliphatic rings. The Hall–Kier alpha value is -3.61. The van der Waals surface area contributed by atoms with Gasteiger partial charge in [-0.25, -0.2) is 9.78 Å². The summed E-state index contributed by atoms with van der Waals surface area (Å²) in [6.07, 6.45) is 0. The molecule has 3 rings (SSSR count). The van der Waals surface area contributed by atoms with Gasteiger partial charge < -0.3 is 19.9 Å². The third-order valence-electron chi connectivity index (χ3n) is 3.86. The quantitative estimate of drug-likeness (QED) is 0.651. The molecule has 7 nitrogen and oxygen atoms in total. The molecule has 132 valence electrons. The molecule has 0 unspecified atom stereocenters. The number of nitrogens with zero attached hydrogens (tertiary/aromatic N) is 1. The van der Waals surface area contributed by atoms with Crippen molar-refractivity contribution < 1.29 is 19.7 Å². The first-order chi connectivity index (χ1) is 12.5. The van der Waals surface area contributed by atoms with E-state index in [0.29, 0.717) is 17.9 Å². The van der Waals surface area contributed by atoms with Crippen LogP contribution in [0, 0.1) is 6.92 Å². The number of hydrogen-bond donors (Lipinski definition) is 3. The topological polar surface area (TPSA) is 113 Å². The van der Waals surface area contributed by atoms with Crippen LogP contribution in [0.15, 0.2) is 53.3 Å². The molecule has 3 aromatic rings. The van der Waals surface area contributed by atoms with E-state index in [2.05, 4.69) is 9.97 Å². The van der Waals surface area contributed by atoms with Crippen LogP contribution in [0.5, 0.6) is 11.5 Å². The first-order valence-electron chi connectivity index (χ1n) is 7.80. The average Bonchev–Trinajstić information content (AvgIpc) is 2.63. The third-order valence-corrected chi connectivity index (χ3v) is 3.86. The standard InChI is InChI=1S/C19H16N2O5/c1-11-5-2-3-6-13(11)10-26-14-8-4-7-12(9-14)17-20-15(19(24)25)16(22)18(23)21-17/h2-9,22H,10H2,1H3,(H,24,25)(H,20,21,23). The molecule has 0 radical (unpaired) electrons. The predicted octanol–water partition coefficient (Wildman–Crippen LogP) is 2.73. The van der Waals surface area contributed by atoms with E-state index < -0.39 is 23.0 Å². The lowest BCUT2D eigenvalue weighted by Gasteiger charge is -2.10. The predicted molar refractivity (Wildman–Crippen MR) is 94.4 cm³/mol. The lowest BCUT2D eigenvalue weighted by Crippen LogP contribution is -2.15. The molecule has 0 spiro atoms. The van der Waals surface area contributed by atoms with E-state index in [1.807, 2.05) is 31.2 Å². The molecule has 0 aliphatic carbocycles. The maximum Gasteiger partial charge on any atom is 0.358 e. The van der Waals surface area contributed by atoms with Gasteiger partial charge in [-0.15, -0.1) is 0 Å². The summed E-state index contributed by atoms with van der Waals surface area (Å²) >= 11 is 0. The number of rotatable bonds is 5.